The molecule has 0 saturated heterocycles. The van der Waals surface area contributed by atoms with Gasteiger partial charge in [0.1, 0.15) is 5.82 Å². The smallest absolute Gasteiger partial charge is 0.191 e. The molecule has 1 aromatic carbocycles. The fraction of sp³-hybridized carbons (Fsp3) is 0.412. The van der Waals surface area contributed by atoms with Gasteiger partial charge in [-0.05, 0) is 38.0 Å². The minimum Gasteiger partial charge on any atom is -0.357 e. The van der Waals surface area contributed by atoms with Crippen molar-refractivity contribution in [2.45, 2.75) is 33.2 Å². The second-order valence-electron chi connectivity index (χ2n) is 5.23. The van der Waals surface area contributed by atoms with Crippen LogP contribution in [0.4, 0.5) is 4.39 Å². The highest BCUT2D eigenvalue weighted by Gasteiger charge is 2.01. The quantitative estimate of drug-likeness (QED) is 0.284. The van der Waals surface area contributed by atoms with Crippen LogP contribution in [0.5, 0.6) is 0 Å². The van der Waals surface area contributed by atoms with Gasteiger partial charge in [0.05, 0.1) is 11.6 Å². The molecular weight excluding hydrogens is 438 g/mol. The minimum absolute atomic E-state index is 0. The van der Waals surface area contributed by atoms with Crippen molar-refractivity contribution in [2.24, 2.45) is 4.99 Å². The van der Waals surface area contributed by atoms with E-state index in [1.54, 1.807) is 23.5 Å². The van der Waals surface area contributed by atoms with Crippen molar-refractivity contribution < 1.29 is 4.39 Å². The molecule has 2 rings (SSSR count). The van der Waals surface area contributed by atoms with E-state index in [4.69, 9.17) is 0 Å². The van der Waals surface area contributed by atoms with Gasteiger partial charge < -0.3 is 10.6 Å². The predicted molar refractivity (Wildman–Crippen MR) is 110 cm³/mol. The summed E-state index contributed by atoms with van der Waals surface area (Å²) < 4.78 is 12.9. The van der Waals surface area contributed by atoms with Crippen molar-refractivity contribution in [2.75, 3.05) is 13.1 Å². The number of guanidine groups is 1. The van der Waals surface area contributed by atoms with Gasteiger partial charge in [0.2, 0.25) is 0 Å². The van der Waals surface area contributed by atoms with Gasteiger partial charge in [0.15, 0.2) is 5.96 Å². The molecule has 0 aliphatic rings. The van der Waals surface area contributed by atoms with Crippen LogP contribution >= 0.6 is 35.3 Å². The molecule has 0 radical (unpaired) electrons. The first-order chi connectivity index (χ1) is 11.2. The number of aryl methyl sites for hydroxylation is 2. The van der Waals surface area contributed by atoms with Crippen molar-refractivity contribution in [3.05, 3.63) is 51.7 Å². The van der Waals surface area contributed by atoms with Gasteiger partial charge in [-0.3, -0.25) is 0 Å². The number of thiazole rings is 1. The molecule has 0 saturated carbocycles. The standard InChI is InChI=1S/C17H23FN4S.HI/c1-3-19-17(21-11-14-6-8-15(18)9-7-14)20-10-4-5-16-22-13(2)12-23-16;/h6-9,12H,3-5,10-11H2,1-2H3,(H2,19,20,21);1H. The van der Waals surface area contributed by atoms with Crippen LogP contribution in [0.1, 0.15) is 29.6 Å². The molecule has 1 aromatic heterocycles. The first-order valence-electron chi connectivity index (χ1n) is 7.85. The zero-order chi connectivity index (χ0) is 16.5. The third-order valence-electron chi connectivity index (χ3n) is 3.20. The number of aliphatic imine (C=N–C) groups is 1. The van der Waals surface area contributed by atoms with E-state index in [1.165, 1.54) is 17.1 Å². The largest absolute Gasteiger partial charge is 0.357 e. The van der Waals surface area contributed by atoms with Crippen LogP contribution in [0.25, 0.3) is 0 Å². The summed E-state index contributed by atoms with van der Waals surface area (Å²) in [4.78, 5) is 8.98. The summed E-state index contributed by atoms with van der Waals surface area (Å²) in [7, 11) is 0. The highest BCUT2D eigenvalue weighted by atomic mass is 127. The Hall–Kier alpha value is -1.22. The van der Waals surface area contributed by atoms with Gasteiger partial charge in [-0.25, -0.2) is 14.4 Å². The van der Waals surface area contributed by atoms with Gasteiger partial charge in [-0.15, -0.1) is 35.3 Å². The zero-order valence-electron chi connectivity index (χ0n) is 14.0. The number of hydrogen-bond acceptors (Lipinski definition) is 3. The molecule has 1 heterocycles. The highest BCUT2D eigenvalue weighted by molar-refractivity contribution is 14.0. The van der Waals surface area contributed by atoms with Crippen molar-refractivity contribution in [3.63, 3.8) is 0 Å². The molecule has 0 aliphatic carbocycles. The number of aromatic nitrogens is 1. The summed E-state index contributed by atoms with van der Waals surface area (Å²) in [6.45, 7) is 6.23. The Kier molecular flexibility index (Phi) is 9.85. The van der Waals surface area contributed by atoms with Crippen LogP contribution in [0.15, 0.2) is 34.6 Å². The maximum Gasteiger partial charge on any atom is 0.191 e. The summed E-state index contributed by atoms with van der Waals surface area (Å²) in [5.41, 5.74) is 2.08. The van der Waals surface area contributed by atoms with E-state index in [0.29, 0.717) is 6.54 Å². The lowest BCUT2D eigenvalue weighted by Crippen LogP contribution is -2.37. The normalized spacial score (nSPS) is 11.0. The van der Waals surface area contributed by atoms with Crippen LogP contribution < -0.4 is 10.6 Å². The maximum atomic E-state index is 12.9. The molecule has 0 aliphatic heterocycles. The summed E-state index contributed by atoms with van der Waals surface area (Å²) in [6, 6.07) is 6.43. The van der Waals surface area contributed by atoms with E-state index < -0.39 is 0 Å². The number of halogens is 2. The van der Waals surface area contributed by atoms with E-state index in [1.807, 2.05) is 13.8 Å². The Bertz CT molecular complexity index is 628. The predicted octanol–water partition coefficient (Wildman–Crippen LogP) is 3.90. The maximum absolute atomic E-state index is 12.9. The molecule has 0 fully saturated rings. The van der Waals surface area contributed by atoms with Crippen LogP contribution in [-0.2, 0) is 13.0 Å². The molecule has 24 heavy (non-hydrogen) atoms. The lowest BCUT2D eigenvalue weighted by Gasteiger charge is -2.11. The summed E-state index contributed by atoms with van der Waals surface area (Å²) >= 11 is 1.71. The second-order valence-corrected chi connectivity index (χ2v) is 6.18. The number of hydrogen-bond donors (Lipinski definition) is 2. The third-order valence-corrected chi connectivity index (χ3v) is 4.23. The Balaban J connectivity index is 0.00000288. The first kappa shape index (κ1) is 20.8. The van der Waals surface area contributed by atoms with Crippen LogP contribution in [0, 0.1) is 12.7 Å². The Morgan fingerprint density at radius 2 is 2.00 bits per heavy atom. The molecule has 0 unspecified atom stereocenters. The summed E-state index contributed by atoms with van der Waals surface area (Å²) in [5.74, 6) is 0.562. The molecule has 0 amide bonds. The molecule has 0 atom stereocenters. The number of nitrogens with zero attached hydrogens (tertiary/aromatic N) is 2. The lowest BCUT2D eigenvalue weighted by molar-refractivity contribution is 0.627. The van der Waals surface area contributed by atoms with Crippen molar-refractivity contribution in [1.82, 2.24) is 15.6 Å². The third kappa shape index (κ3) is 7.57. The van der Waals surface area contributed by atoms with E-state index in [-0.39, 0.29) is 29.8 Å². The highest BCUT2D eigenvalue weighted by Crippen LogP contribution is 2.10. The number of nitrogens with one attached hydrogen (secondary N) is 2. The van der Waals surface area contributed by atoms with Crippen molar-refractivity contribution in [3.8, 4) is 0 Å². The summed E-state index contributed by atoms with van der Waals surface area (Å²) in [5, 5.41) is 9.80. The van der Waals surface area contributed by atoms with E-state index in [0.717, 1.165) is 43.1 Å². The Morgan fingerprint density at radius 1 is 1.25 bits per heavy atom. The number of rotatable bonds is 7. The fourth-order valence-corrected chi connectivity index (χ4v) is 2.88. The van der Waals surface area contributed by atoms with Crippen LogP contribution in [0.3, 0.4) is 0 Å². The molecular formula is C17H24FIN4S. The van der Waals surface area contributed by atoms with Gasteiger partial charge in [-0.2, -0.15) is 0 Å². The van der Waals surface area contributed by atoms with Gasteiger partial charge >= 0.3 is 0 Å². The zero-order valence-corrected chi connectivity index (χ0v) is 17.2. The molecule has 4 nitrogen and oxygen atoms in total. The van der Waals surface area contributed by atoms with Gasteiger partial charge in [0, 0.05) is 30.6 Å². The van der Waals surface area contributed by atoms with Crippen LogP contribution in [0.2, 0.25) is 0 Å². The van der Waals surface area contributed by atoms with Crippen molar-refractivity contribution >= 4 is 41.3 Å². The number of benzene rings is 1. The van der Waals surface area contributed by atoms with Gasteiger partial charge in [-0.1, -0.05) is 12.1 Å². The van der Waals surface area contributed by atoms with Crippen molar-refractivity contribution in [1.29, 1.82) is 0 Å². The Labute approximate surface area is 164 Å². The summed E-state index contributed by atoms with van der Waals surface area (Å²) in [6.07, 6.45) is 1.98. The lowest BCUT2D eigenvalue weighted by atomic mass is 10.2. The first-order valence-corrected chi connectivity index (χ1v) is 8.73. The van der Waals surface area contributed by atoms with E-state index in [2.05, 4.69) is 26.0 Å². The monoisotopic (exact) mass is 462 g/mol. The second kappa shape index (κ2) is 11.4. The SMILES string of the molecule is CCNC(=NCc1ccc(F)cc1)NCCCc1nc(C)cs1.I. The molecule has 2 N–H and O–H groups in total. The average molecular weight is 462 g/mol. The molecule has 0 spiro atoms. The van der Waals surface area contributed by atoms with E-state index >= 15 is 0 Å². The van der Waals surface area contributed by atoms with E-state index in [9.17, 15) is 4.39 Å². The minimum atomic E-state index is -0.222. The topological polar surface area (TPSA) is 49.3 Å². The molecule has 2 aromatic rings. The molecule has 0 bridgehead atoms. The Morgan fingerprint density at radius 3 is 2.62 bits per heavy atom. The molecule has 132 valence electrons. The van der Waals surface area contributed by atoms with Gasteiger partial charge in [0.25, 0.3) is 0 Å². The fourth-order valence-electron chi connectivity index (χ4n) is 2.07. The van der Waals surface area contributed by atoms with Crippen LogP contribution in [-0.4, -0.2) is 24.0 Å². The average Bonchev–Trinajstić information content (AvgIpc) is 2.96. The molecule has 7 heteroatoms.